The number of aliphatic carboxylic acids is 1. The molecule has 7 heteroatoms. The Morgan fingerprint density at radius 1 is 1.17 bits per heavy atom. The summed E-state index contributed by atoms with van der Waals surface area (Å²) in [5.41, 5.74) is 0.873. The number of nitrogens with one attached hydrogen (secondary N) is 1. The molecule has 3 aliphatic rings. The third kappa shape index (κ3) is 6.92. The standard InChI is InChI=1S/C23H30INO4S/c24-20-7-5-6-17(16-20)14-15-30(28,29)25-23-19-12-10-18(11-13-19)21(23)8-3-1-2-4-9-22(26)27/h1,3,5-7,14-16,18-19,21,23,25H,2,4,8-13H2,(H,26,27). The van der Waals surface area contributed by atoms with E-state index in [1.807, 2.05) is 30.3 Å². The fourth-order valence-electron chi connectivity index (χ4n) is 4.85. The molecule has 164 valence electrons. The van der Waals surface area contributed by atoms with Crippen LogP contribution in [0.1, 0.15) is 56.9 Å². The van der Waals surface area contributed by atoms with E-state index in [9.17, 15) is 13.2 Å². The smallest absolute Gasteiger partial charge is 0.303 e. The molecule has 2 N–H and O–H groups in total. The maximum absolute atomic E-state index is 12.8. The predicted molar refractivity (Wildman–Crippen MR) is 128 cm³/mol. The van der Waals surface area contributed by atoms with Crippen LogP contribution in [-0.2, 0) is 14.8 Å². The van der Waals surface area contributed by atoms with E-state index in [0.717, 1.165) is 34.8 Å². The number of benzene rings is 1. The normalized spacial score (nSPS) is 26.6. The average Bonchev–Trinajstić information content (AvgIpc) is 2.71. The summed E-state index contributed by atoms with van der Waals surface area (Å²) in [5, 5.41) is 10.0. The Bertz CT molecular complexity index is 888. The Balaban J connectivity index is 1.62. The molecule has 3 aliphatic carbocycles. The van der Waals surface area contributed by atoms with Crippen molar-refractivity contribution in [3.05, 3.63) is 51.0 Å². The van der Waals surface area contributed by atoms with Gasteiger partial charge in [-0.15, -0.1) is 0 Å². The van der Waals surface area contributed by atoms with Crippen LogP contribution in [0, 0.1) is 21.3 Å². The van der Waals surface area contributed by atoms with Crippen molar-refractivity contribution in [2.45, 2.75) is 57.4 Å². The number of hydrogen-bond donors (Lipinski definition) is 2. The Labute approximate surface area is 193 Å². The second-order valence-electron chi connectivity index (χ2n) is 8.38. The zero-order chi connectivity index (χ0) is 21.6. The SMILES string of the molecule is O=C(O)CCCC=CCC1C2CCC(CC2)C1NS(=O)(=O)C=Cc1cccc(I)c1. The van der Waals surface area contributed by atoms with Gasteiger partial charge in [-0.05, 0) is 109 Å². The highest BCUT2D eigenvalue weighted by molar-refractivity contribution is 14.1. The molecule has 4 rings (SSSR count). The monoisotopic (exact) mass is 543 g/mol. The Morgan fingerprint density at radius 3 is 2.60 bits per heavy atom. The molecule has 0 spiro atoms. The summed E-state index contributed by atoms with van der Waals surface area (Å²) in [6, 6.07) is 7.72. The minimum atomic E-state index is -3.52. The van der Waals surface area contributed by atoms with Crippen LogP contribution in [0.3, 0.4) is 0 Å². The van der Waals surface area contributed by atoms with Gasteiger partial charge in [0.25, 0.3) is 0 Å². The van der Waals surface area contributed by atoms with Gasteiger partial charge < -0.3 is 5.11 Å². The third-order valence-electron chi connectivity index (χ3n) is 6.32. The van der Waals surface area contributed by atoms with E-state index in [0.29, 0.717) is 24.2 Å². The number of carbonyl (C=O) groups is 1. The third-order valence-corrected chi connectivity index (χ3v) is 8.08. The van der Waals surface area contributed by atoms with E-state index in [4.69, 9.17) is 5.11 Å². The summed E-state index contributed by atoms with van der Waals surface area (Å²) >= 11 is 2.22. The zero-order valence-electron chi connectivity index (χ0n) is 17.0. The van der Waals surface area contributed by atoms with Crippen molar-refractivity contribution in [1.29, 1.82) is 0 Å². The minimum Gasteiger partial charge on any atom is -0.481 e. The van der Waals surface area contributed by atoms with Gasteiger partial charge in [0, 0.05) is 21.4 Å². The maximum Gasteiger partial charge on any atom is 0.303 e. The highest BCUT2D eigenvalue weighted by Crippen LogP contribution is 2.46. The number of hydrogen-bond acceptors (Lipinski definition) is 3. The number of carboxylic acids is 1. The first-order valence-corrected chi connectivity index (χ1v) is 13.3. The summed E-state index contributed by atoms with van der Waals surface area (Å²) in [4.78, 5) is 10.6. The Morgan fingerprint density at radius 2 is 1.90 bits per heavy atom. The van der Waals surface area contributed by atoms with Gasteiger partial charge >= 0.3 is 5.97 Å². The molecular weight excluding hydrogens is 513 g/mol. The first kappa shape index (κ1) is 23.5. The lowest BCUT2D eigenvalue weighted by Crippen LogP contribution is -2.52. The topological polar surface area (TPSA) is 83.5 Å². The van der Waals surface area contributed by atoms with E-state index in [2.05, 4.69) is 33.4 Å². The van der Waals surface area contributed by atoms with Gasteiger partial charge in [-0.1, -0.05) is 24.3 Å². The van der Waals surface area contributed by atoms with Crippen LogP contribution in [0.15, 0.2) is 41.8 Å². The lowest BCUT2D eigenvalue weighted by molar-refractivity contribution is -0.137. The van der Waals surface area contributed by atoms with Crippen molar-refractivity contribution in [3.8, 4) is 0 Å². The Hall–Kier alpha value is -1.19. The first-order valence-electron chi connectivity index (χ1n) is 10.7. The minimum absolute atomic E-state index is 0.0215. The number of allylic oxidation sites excluding steroid dienone is 2. The largest absolute Gasteiger partial charge is 0.481 e. The van der Waals surface area contributed by atoms with E-state index in [1.54, 1.807) is 6.08 Å². The molecule has 0 radical (unpaired) electrons. The van der Waals surface area contributed by atoms with Crippen LogP contribution < -0.4 is 4.72 Å². The lowest BCUT2D eigenvalue weighted by Gasteiger charge is -2.48. The molecule has 3 saturated carbocycles. The number of unbranched alkanes of at least 4 members (excludes halogenated alkanes) is 1. The molecule has 2 atom stereocenters. The predicted octanol–water partition coefficient (Wildman–Crippen LogP) is 5.19. The molecule has 1 aromatic carbocycles. The van der Waals surface area contributed by atoms with Crippen molar-refractivity contribution in [2.75, 3.05) is 0 Å². The summed E-state index contributed by atoms with van der Waals surface area (Å²) in [6.45, 7) is 0. The molecule has 2 unspecified atom stereocenters. The lowest BCUT2D eigenvalue weighted by atomic mass is 9.61. The molecule has 0 aliphatic heterocycles. The van der Waals surface area contributed by atoms with Crippen LogP contribution in [0.5, 0.6) is 0 Å². The fraction of sp³-hybridized carbons (Fsp3) is 0.522. The van der Waals surface area contributed by atoms with E-state index >= 15 is 0 Å². The van der Waals surface area contributed by atoms with Crippen LogP contribution in [-0.4, -0.2) is 25.5 Å². The van der Waals surface area contributed by atoms with Gasteiger partial charge in [-0.25, -0.2) is 13.1 Å². The van der Waals surface area contributed by atoms with Crippen LogP contribution in [0.4, 0.5) is 0 Å². The summed E-state index contributed by atoms with van der Waals surface area (Å²) in [7, 11) is -3.52. The summed E-state index contributed by atoms with van der Waals surface area (Å²) in [6.07, 6.45) is 12.8. The number of carboxylic acid groups (broad SMARTS) is 1. The second kappa shape index (κ2) is 10.9. The van der Waals surface area contributed by atoms with Gasteiger partial charge in [-0.2, -0.15) is 0 Å². The van der Waals surface area contributed by atoms with Gasteiger partial charge in [0.1, 0.15) is 0 Å². The van der Waals surface area contributed by atoms with Crippen molar-refractivity contribution in [2.24, 2.45) is 17.8 Å². The molecule has 0 amide bonds. The van der Waals surface area contributed by atoms with Gasteiger partial charge in [0.05, 0.1) is 0 Å². The molecule has 5 nitrogen and oxygen atoms in total. The Kier molecular flexibility index (Phi) is 8.53. The molecule has 30 heavy (non-hydrogen) atoms. The number of halogens is 1. The van der Waals surface area contributed by atoms with Crippen LogP contribution in [0.2, 0.25) is 0 Å². The second-order valence-corrected chi connectivity index (χ2v) is 11.2. The van der Waals surface area contributed by atoms with Gasteiger partial charge in [0.2, 0.25) is 10.0 Å². The van der Waals surface area contributed by atoms with Gasteiger partial charge in [-0.3, -0.25) is 4.79 Å². The molecular formula is C23H30INO4S. The highest BCUT2D eigenvalue weighted by atomic mass is 127. The maximum atomic E-state index is 12.8. The van der Waals surface area contributed by atoms with Crippen molar-refractivity contribution >= 4 is 44.7 Å². The summed E-state index contributed by atoms with van der Waals surface area (Å²) < 4.78 is 29.6. The highest BCUT2D eigenvalue weighted by Gasteiger charge is 2.44. The average molecular weight is 543 g/mol. The van der Waals surface area contributed by atoms with Crippen molar-refractivity contribution in [1.82, 2.24) is 4.72 Å². The fourth-order valence-corrected chi connectivity index (χ4v) is 6.58. The van der Waals surface area contributed by atoms with Crippen molar-refractivity contribution in [3.63, 3.8) is 0 Å². The van der Waals surface area contributed by atoms with Gasteiger partial charge in [0.15, 0.2) is 0 Å². The van der Waals surface area contributed by atoms with E-state index in [-0.39, 0.29) is 12.5 Å². The summed E-state index contributed by atoms with van der Waals surface area (Å²) in [5.74, 6) is 0.516. The van der Waals surface area contributed by atoms with Crippen LogP contribution in [0.25, 0.3) is 6.08 Å². The molecule has 2 bridgehead atoms. The van der Waals surface area contributed by atoms with Crippen LogP contribution >= 0.6 is 22.6 Å². The van der Waals surface area contributed by atoms with E-state index in [1.165, 1.54) is 18.2 Å². The number of fused-ring (bicyclic) bond motifs is 3. The molecule has 0 saturated heterocycles. The zero-order valence-corrected chi connectivity index (χ0v) is 20.0. The molecule has 3 fully saturated rings. The number of rotatable bonds is 10. The van der Waals surface area contributed by atoms with Crippen molar-refractivity contribution < 1.29 is 18.3 Å². The van der Waals surface area contributed by atoms with E-state index < -0.39 is 16.0 Å². The number of sulfonamides is 1. The quantitative estimate of drug-likeness (QED) is 0.242. The molecule has 1 aromatic rings. The molecule has 0 aromatic heterocycles. The molecule has 0 heterocycles. The first-order chi connectivity index (χ1) is 14.3.